The van der Waals surface area contributed by atoms with Crippen LogP contribution < -0.4 is 5.32 Å². The predicted molar refractivity (Wildman–Crippen MR) is 80.8 cm³/mol. The van der Waals surface area contributed by atoms with Gasteiger partial charge in [-0.15, -0.1) is 0 Å². The van der Waals surface area contributed by atoms with E-state index in [1.807, 2.05) is 38.1 Å². The molecular formula is C15H19ClN2O2. The molecule has 1 aromatic carbocycles. The van der Waals surface area contributed by atoms with Crippen LogP contribution in [0, 0.1) is 0 Å². The molecule has 0 radical (unpaired) electrons. The number of likely N-dealkylation sites (N-methyl/N-ethyl adjacent to an activating group) is 1. The van der Waals surface area contributed by atoms with Crippen molar-refractivity contribution in [3.63, 3.8) is 0 Å². The van der Waals surface area contributed by atoms with Gasteiger partial charge in [-0.05, 0) is 31.5 Å². The van der Waals surface area contributed by atoms with Gasteiger partial charge in [0.1, 0.15) is 5.58 Å². The Labute approximate surface area is 123 Å². The van der Waals surface area contributed by atoms with Crippen molar-refractivity contribution >= 4 is 28.5 Å². The van der Waals surface area contributed by atoms with Gasteiger partial charge in [-0.3, -0.25) is 4.79 Å². The van der Waals surface area contributed by atoms with E-state index < -0.39 is 0 Å². The molecule has 20 heavy (non-hydrogen) atoms. The van der Waals surface area contributed by atoms with Gasteiger partial charge in [0.2, 0.25) is 5.91 Å². The number of nitrogens with one attached hydrogen (secondary N) is 1. The van der Waals surface area contributed by atoms with Gasteiger partial charge in [0.15, 0.2) is 5.22 Å². The lowest BCUT2D eigenvalue weighted by Crippen LogP contribution is -2.42. The van der Waals surface area contributed by atoms with Crippen LogP contribution in [-0.4, -0.2) is 30.4 Å². The number of hydrogen-bond donors (Lipinski definition) is 1. The maximum Gasteiger partial charge on any atom is 0.239 e. The first-order valence-electron chi connectivity index (χ1n) is 6.68. The number of hydrogen-bond acceptors (Lipinski definition) is 3. The van der Waals surface area contributed by atoms with Crippen LogP contribution >= 0.6 is 11.6 Å². The van der Waals surface area contributed by atoms with Crippen molar-refractivity contribution in [2.75, 3.05) is 13.6 Å². The van der Waals surface area contributed by atoms with E-state index in [1.165, 1.54) is 0 Å². The van der Waals surface area contributed by atoms with Gasteiger partial charge in [0.05, 0.1) is 6.04 Å². The maximum absolute atomic E-state index is 12.0. The number of rotatable bonds is 5. The molecule has 1 aromatic heterocycles. The third kappa shape index (κ3) is 2.97. The first kappa shape index (κ1) is 14.9. The summed E-state index contributed by atoms with van der Waals surface area (Å²) in [5.41, 5.74) is 1.65. The molecule has 0 fully saturated rings. The van der Waals surface area contributed by atoms with E-state index in [-0.39, 0.29) is 11.9 Å². The van der Waals surface area contributed by atoms with Gasteiger partial charge >= 0.3 is 0 Å². The van der Waals surface area contributed by atoms with E-state index in [0.717, 1.165) is 16.5 Å². The van der Waals surface area contributed by atoms with Gasteiger partial charge in [-0.25, -0.2) is 0 Å². The fourth-order valence-corrected chi connectivity index (χ4v) is 2.31. The number of fused-ring (bicyclic) bond motifs is 1. The van der Waals surface area contributed by atoms with Crippen molar-refractivity contribution in [3.8, 4) is 0 Å². The fourth-order valence-electron chi connectivity index (χ4n) is 2.06. The second-order valence-electron chi connectivity index (χ2n) is 4.81. The molecule has 0 aliphatic rings. The monoisotopic (exact) mass is 294 g/mol. The first-order chi connectivity index (χ1) is 9.54. The normalized spacial score (nSPS) is 12.6. The lowest BCUT2D eigenvalue weighted by atomic mass is 10.1. The molecule has 1 unspecified atom stereocenters. The zero-order valence-electron chi connectivity index (χ0n) is 11.9. The summed E-state index contributed by atoms with van der Waals surface area (Å²) >= 11 is 6.12. The van der Waals surface area contributed by atoms with Crippen LogP contribution in [0.3, 0.4) is 0 Å². The van der Waals surface area contributed by atoms with Crippen LogP contribution in [0.4, 0.5) is 0 Å². The summed E-state index contributed by atoms with van der Waals surface area (Å²) in [5, 5.41) is 4.55. The van der Waals surface area contributed by atoms with E-state index >= 15 is 0 Å². The highest BCUT2D eigenvalue weighted by Gasteiger charge is 2.18. The Morgan fingerprint density at radius 2 is 2.15 bits per heavy atom. The minimum atomic E-state index is -0.260. The van der Waals surface area contributed by atoms with Crippen molar-refractivity contribution in [1.82, 2.24) is 10.2 Å². The highest BCUT2D eigenvalue weighted by atomic mass is 35.5. The maximum atomic E-state index is 12.0. The van der Waals surface area contributed by atoms with Gasteiger partial charge in [-0.1, -0.05) is 18.2 Å². The van der Waals surface area contributed by atoms with Crippen LogP contribution in [0.2, 0.25) is 5.22 Å². The molecule has 0 spiro atoms. The highest BCUT2D eigenvalue weighted by Crippen LogP contribution is 2.29. The summed E-state index contributed by atoms with van der Waals surface area (Å²) in [6.45, 7) is 5.00. The van der Waals surface area contributed by atoms with E-state index in [4.69, 9.17) is 16.0 Å². The molecule has 1 amide bonds. The lowest BCUT2D eigenvalue weighted by Gasteiger charge is -2.20. The Bertz CT molecular complexity index is 609. The van der Waals surface area contributed by atoms with Crippen molar-refractivity contribution < 1.29 is 9.21 Å². The number of halogens is 1. The summed E-state index contributed by atoms with van der Waals surface area (Å²) in [6, 6.07) is 7.43. The van der Waals surface area contributed by atoms with Gasteiger partial charge in [0.25, 0.3) is 0 Å². The molecule has 4 nitrogen and oxygen atoms in total. The minimum absolute atomic E-state index is 0.0661. The van der Waals surface area contributed by atoms with Crippen LogP contribution in [0.25, 0.3) is 11.0 Å². The molecule has 108 valence electrons. The van der Waals surface area contributed by atoms with Crippen LogP contribution in [0.5, 0.6) is 0 Å². The molecule has 1 heterocycles. The van der Waals surface area contributed by atoms with Gasteiger partial charge in [0, 0.05) is 31.1 Å². The molecule has 2 rings (SSSR count). The number of furan rings is 1. The zero-order valence-corrected chi connectivity index (χ0v) is 12.7. The predicted octanol–water partition coefficient (Wildman–Crippen LogP) is 3.04. The number of amides is 1. The summed E-state index contributed by atoms with van der Waals surface area (Å²) < 4.78 is 5.49. The number of nitrogens with zero attached hydrogens (tertiary/aromatic N) is 1. The van der Waals surface area contributed by atoms with Gasteiger partial charge in [-0.2, -0.15) is 0 Å². The van der Waals surface area contributed by atoms with E-state index in [2.05, 4.69) is 5.32 Å². The Balaban J connectivity index is 2.10. The molecule has 0 saturated carbocycles. The van der Waals surface area contributed by atoms with Crippen LogP contribution in [-0.2, 0) is 11.3 Å². The Hall–Kier alpha value is -1.52. The topological polar surface area (TPSA) is 45.5 Å². The standard InChI is InChI=1S/C15H19ClN2O2/c1-4-18(3)15(19)10(2)17-9-12-11-7-5-6-8-13(11)20-14(12)16/h5-8,10,17H,4,9H2,1-3H3. The van der Waals surface area contributed by atoms with E-state index in [0.29, 0.717) is 18.3 Å². The Morgan fingerprint density at radius 1 is 1.45 bits per heavy atom. The number of carbonyl (C=O) groups is 1. The van der Waals surface area contributed by atoms with Crippen molar-refractivity contribution in [3.05, 3.63) is 35.0 Å². The molecule has 0 aliphatic carbocycles. The largest absolute Gasteiger partial charge is 0.444 e. The first-order valence-corrected chi connectivity index (χ1v) is 7.06. The lowest BCUT2D eigenvalue weighted by molar-refractivity contribution is -0.131. The number of carbonyl (C=O) groups excluding carboxylic acids is 1. The molecule has 2 aromatic rings. The summed E-state index contributed by atoms with van der Waals surface area (Å²) in [4.78, 5) is 13.7. The van der Waals surface area contributed by atoms with Crippen LogP contribution in [0.15, 0.2) is 28.7 Å². The average Bonchev–Trinajstić information content (AvgIpc) is 2.78. The smallest absolute Gasteiger partial charge is 0.239 e. The zero-order chi connectivity index (χ0) is 14.7. The third-order valence-electron chi connectivity index (χ3n) is 3.46. The van der Waals surface area contributed by atoms with Gasteiger partial charge < -0.3 is 14.6 Å². The third-order valence-corrected chi connectivity index (χ3v) is 3.76. The summed E-state index contributed by atoms with van der Waals surface area (Å²) in [5.74, 6) is 0.0661. The second kappa shape index (κ2) is 6.29. The SMILES string of the molecule is CCN(C)C(=O)C(C)NCc1c(Cl)oc2ccccc12. The quantitative estimate of drug-likeness (QED) is 0.922. The fraction of sp³-hybridized carbons (Fsp3) is 0.400. The Morgan fingerprint density at radius 3 is 2.85 bits per heavy atom. The average molecular weight is 295 g/mol. The number of benzene rings is 1. The second-order valence-corrected chi connectivity index (χ2v) is 5.15. The molecule has 0 bridgehead atoms. The highest BCUT2D eigenvalue weighted by molar-refractivity contribution is 6.30. The molecular weight excluding hydrogens is 276 g/mol. The van der Waals surface area contributed by atoms with Crippen molar-refractivity contribution in [2.45, 2.75) is 26.4 Å². The van der Waals surface area contributed by atoms with E-state index in [9.17, 15) is 4.79 Å². The molecule has 1 atom stereocenters. The Kier molecular flexibility index (Phi) is 4.68. The summed E-state index contributed by atoms with van der Waals surface area (Å²) in [7, 11) is 1.79. The molecule has 1 N–H and O–H groups in total. The van der Waals surface area contributed by atoms with Crippen molar-refractivity contribution in [2.24, 2.45) is 0 Å². The van der Waals surface area contributed by atoms with Crippen molar-refractivity contribution in [1.29, 1.82) is 0 Å². The summed E-state index contributed by atoms with van der Waals surface area (Å²) in [6.07, 6.45) is 0. The number of para-hydroxylation sites is 1. The van der Waals surface area contributed by atoms with E-state index in [1.54, 1.807) is 11.9 Å². The molecule has 5 heteroatoms. The molecule has 0 aliphatic heterocycles. The molecule has 0 saturated heterocycles. The van der Waals surface area contributed by atoms with Crippen LogP contribution in [0.1, 0.15) is 19.4 Å². The minimum Gasteiger partial charge on any atom is -0.444 e.